The van der Waals surface area contributed by atoms with Gasteiger partial charge in [0.1, 0.15) is 5.75 Å². The van der Waals surface area contributed by atoms with Crippen LogP contribution >= 0.6 is 28.3 Å². The van der Waals surface area contributed by atoms with Crippen molar-refractivity contribution in [3.63, 3.8) is 0 Å². The molecule has 2 rings (SSSR count). The van der Waals surface area contributed by atoms with E-state index in [9.17, 15) is 4.79 Å². The Bertz CT molecular complexity index is 665. The zero-order valence-electron chi connectivity index (χ0n) is 12.9. The zero-order valence-corrected chi connectivity index (χ0v) is 15.3. The molecule has 1 aromatic carbocycles. The van der Waals surface area contributed by atoms with E-state index in [0.29, 0.717) is 11.4 Å². The van der Waals surface area contributed by atoms with Crippen molar-refractivity contribution in [3.8, 4) is 5.75 Å². The maximum Gasteiger partial charge on any atom is 0.226 e. The van der Waals surface area contributed by atoms with Crippen molar-refractivity contribution in [2.75, 3.05) is 12.8 Å². The number of nitrogens with two attached hydrogens (primary N) is 1. The number of hydrogen-bond donors (Lipinski definition) is 2. The number of methoxy groups -OCH3 is 1. The van der Waals surface area contributed by atoms with Gasteiger partial charge in [-0.25, -0.2) is 0 Å². The van der Waals surface area contributed by atoms with E-state index in [1.807, 2.05) is 25.1 Å². The third kappa shape index (κ3) is 5.41. The average Bonchev–Trinajstić information content (AvgIpc) is 2.49. The molecule has 1 unspecified atom stereocenters. The number of carbonyl (C=O) groups excluding carboxylic acids is 1. The molecule has 5 nitrogen and oxygen atoms in total. The lowest BCUT2D eigenvalue weighted by molar-refractivity contribution is -0.121. The fraction of sp³-hybridized carbons (Fsp3) is 0.250. The highest BCUT2D eigenvalue weighted by molar-refractivity contribution is 9.10. The summed E-state index contributed by atoms with van der Waals surface area (Å²) in [5.74, 6) is 0.671. The van der Waals surface area contributed by atoms with E-state index in [4.69, 9.17) is 10.5 Å². The molecule has 0 aliphatic heterocycles. The number of anilines is 1. The van der Waals surface area contributed by atoms with Gasteiger partial charge in [0, 0.05) is 5.69 Å². The summed E-state index contributed by atoms with van der Waals surface area (Å²) in [5, 5.41) is 2.95. The molecule has 0 spiro atoms. The van der Waals surface area contributed by atoms with Crippen molar-refractivity contribution in [1.82, 2.24) is 10.3 Å². The van der Waals surface area contributed by atoms with Gasteiger partial charge in [-0.1, -0.05) is 6.07 Å². The Balaban J connectivity index is 0.00000264. The molecule has 0 bridgehead atoms. The molecule has 23 heavy (non-hydrogen) atoms. The zero-order chi connectivity index (χ0) is 16.1. The fourth-order valence-corrected chi connectivity index (χ4v) is 2.59. The van der Waals surface area contributed by atoms with Crippen LogP contribution < -0.4 is 15.8 Å². The Morgan fingerprint density at radius 2 is 2.13 bits per heavy atom. The maximum atomic E-state index is 12.1. The highest BCUT2D eigenvalue weighted by atomic mass is 79.9. The first-order valence-corrected chi connectivity index (χ1v) is 7.62. The topological polar surface area (TPSA) is 77.2 Å². The van der Waals surface area contributed by atoms with Gasteiger partial charge >= 0.3 is 0 Å². The lowest BCUT2D eigenvalue weighted by atomic mass is 10.1. The second-order valence-corrected chi connectivity index (χ2v) is 5.80. The Labute approximate surface area is 150 Å². The van der Waals surface area contributed by atoms with Crippen LogP contribution in [0.2, 0.25) is 0 Å². The molecule has 0 radical (unpaired) electrons. The van der Waals surface area contributed by atoms with Crippen molar-refractivity contribution in [2.45, 2.75) is 19.4 Å². The van der Waals surface area contributed by atoms with Gasteiger partial charge in [0.25, 0.3) is 0 Å². The molecule has 3 N–H and O–H groups in total. The number of nitrogens with zero attached hydrogens (tertiary/aromatic N) is 1. The normalized spacial score (nSPS) is 11.3. The van der Waals surface area contributed by atoms with Gasteiger partial charge in [-0.05, 0) is 52.7 Å². The molecule has 1 heterocycles. The lowest BCUT2D eigenvalue weighted by Gasteiger charge is -2.15. The number of nitrogens with one attached hydrogen (secondary N) is 1. The number of carbonyl (C=O) groups is 1. The van der Waals surface area contributed by atoms with Gasteiger partial charge in [0.05, 0.1) is 35.9 Å². The molecule has 0 saturated heterocycles. The number of ether oxygens (including phenoxy) is 1. The van der Waals surface area contributed by atoms with Crippen LogP contribution in [-0.4, -0.2) is 18.0 Å². The molecule has 0 fully saturated rings. The minimum Gasteiger partial charge on any atom is -0.496 e. The molecule has 0 aliphatic carbocycles. The average molecular weight is 401 g/mol. The van der Waals surface area contributed by atoms with E-state index >= 15 is 0 Å². The molecule has 1 amide bonds. The second kappa shape index (κ2) is 8.74. The summed E-state index contributed by atoms with van der Waals surface area (Å²) in [4.78, 5) is 16.2. The summed E-state index contributed by atoms with van der Waals surface area (Å²) in [6.45, 7) is 1.93. The van der Waals surface area contributed by atoms with Crippen LogP contribution in [-0.2, 0) is 11.2 Å². The third-order valence-corrected chi connectivity index (χ3v) is 3.86. The Hall–Kier alpha value is -1.79. The first kappa shape index (κ1) is 19.3. The van der Waals surface area contributed by atoms with Gasteiger partial charge in [0.15, 0.2) is 0 Å². The van der Waals surface area contributed by atoms with Crippen LogP contribution in [0.4, 0.5) is 5.69 Å². The van der Waals surface area contributed by atoms with E-state index in [0.717, 1.165) is 15.8 Å². The number of rotatable bonds is 5. The summed E-state index contributed by atoms with van der Waals surface area (Å²) >= 11 is 3.44. The number of nitrogen functional groups attached to an aromatic ring is 1. The smallest absolute Gasteiger partial charge is 0.226 e. The molecule has 1 atom stereocenters. The van der Waals surface area contributed by atoms with Crippen LogP contribution in [0.25, 0.3) is 0 Å². The van der Waals surface area contributed by atoms with Crippen LogP contribution in [0.5, 0.6) is 5.75 Å². The minimum atomic E-state index is -0.108. The molecule has 124 valence electrons. The highest BCUT2D eigenvalue weighted by Crippen LogP contribution is 2.27. The van der Waals surface area contributed by atoms with E-state index < -0.39 is 0 Å². The van der Waals surface area contributed by atoms with Crippen molar-refractivity contribution in [1.29, 1.82) is 0 Å². The number of benzene rings is 1. The highest BCUT2D eigenvalue weighted by Gasteiger charge is 2.12. The summed E-state index contributed by atoms with van der Waals surface area (Å²) in [6.07, 6.45) is 1.77. The summed E-state index contributed by atoms with van der Waals surface area (Å²) in [6, 6.07) is 9.11. The van der Waals surface area contributed by atoms with Gasteiger partial charge in [-0.15, -0.1) is 12.4 Å². The minimum absolute atomic E-state index is 0. The summed E-state index contributed by atoms with van der Waals surface area (Å²) in [5.41, 5.74) is 7.84. The second-order valence-electron chi connectivity index (χ2n) is 4.94. The standard InChI is InChI=1S/C16H18BrN3O2.ClH/c1-10(11-3-6-15(22-2)14(17)7-11)20-16(21)8-13-5-4-12(18)9-19-13;/h3-7,9-10H,8,18H2,1-2H3,(H,20,21);1H. The van der Waals surface area contributed by atoms with Gasteiger partial charge in [-0.3, -0.25) is 9.78 Å². The first-order chi connectivity index (χ1) is 10.5. The largest absolute Gasteiger partial charge is 0.496 e. The summed E-state index contributed by atoms with van der Waals surface area (Å²) in [7, 11) is 1.62. The number of pyridine rings is 1. The maximum absolute atomic E-state index is 12.1. The Morgan fingerprint density at radius 1 is 1.39 bits per heavy atom. The van der Waals surface area contributed by atoms with E-state index in [1.165, 1.54) is 0 Å². The fourth-order valence-electron chi connectivity index (χ4n) is 2.03. The predicted octanol–water partition coefficient (Wildman–Crippen LogP) is 3.28. The SMILES string of the molecule is COc1ccc(C(C)NC(=O)Cc2ccc(N)cn2)cc1Br.Cl. The van der Waals surface area contributed by atoms with E-state index in [-0.39, 0.29) is 30.8 Å². The van der Waals surface area contributed by atoms with Crippen LogP contribution in [0.3, 0.4) is 0 Å². The first-order valence-electron chi connectivity index (χ1n) is 6.83. The molecule has 1 aromatic heterocycles. The van der Waals surface area contributed by atoms with Crippen molar-refractivity contribution < 1.29 is 9.53 Å². The monoisotopic (exact) mass is 399 g/mol. The molecular formula is C16H19BrClN3O2. The summed E-state index contributed by atoms with van der Waals surface area (Å²) < 4.78 is 6.05. The molecule has 0 saturated carbocycles. The van der Waals surface area contributed by atoms with Crippen molar-refractivity contribution in [3.05, 3.63) is 52.3 Å². The molecule has 7 heteroatoms. The predicted molar refractivity (Wildman–Crippen MR) is 96.9 cm³/mol. The van der Waals surface area contributed by atoms with Crippen LogP contribution in [0.15, 0.2) is 41.0 Å². The van der Waals surface area contributed by atoms with Gasteiger partial charge in [-0.2, -0.15) is 0 Å². The number of aromatic nitrogens is 1. The van der Waals surface area contributed by atoms with Crippen LogP contribution in [0, 0.1) is 0 Å². The molecule has 0 aliphatic rings. The molecular weight excluding hydrogens is 382 g/mol. The Kier molecular flexibility index (Phi) is 7.32. The van der Waals surface area contributed by atoms with Crippen molar-refractivity contribution in [2.24, 2.45) is 0 Å². The van der Waals surface area contributed by atoms with Gasteiger partial charge < -0.3 is 15.8 Å². The Morgan fingerprint density at radius 3 is 2.70 bits per heavy atom. The van der Waals surface area contributed by atoms with Crippen LogP contribution in [0.1, 0.15) is 24.2 Å². The van der Waals surface area contributed by atoms with E-state index in [2.05, 4.69) is 26.2 Å². The van der Waals surface area contributed by atoms with E-state index in [1.54, 1.807) is 25.4 Å². The quantitative estimate of drug-likeness (QED) is 0.807. The van der Waals surface area contributed by atoms with Crippen molar-refractivity contribution >= 4 is 39.9 Å². The molecule has 2 aromatic rings. The number of hydrogen-bond acceptors (Lipinski definition) is 4. The number of amides is 1. The number of halogens is 2. The lowest BCUT2D eigenvalue weighted by Crippen LogP contribution is -2.28. The van der Waals surface area contributed by atoms with Gasteiger partial charge in [0.2, 0.25) is 5.91 Å². The third-order valence-electron chi connectivity index (χ3n) is 3.24.